The Balaban J connectivity index is 1.37. The summed E-state index contributed by atoms with van der Waals surface area (Å²) in [5.74, 6) is 0. The monoisotopic (exact) mass is 352 g/mol. The van der Waals surface area contributed by atoms with Crippen LogP contribution >= 0.6 is 11.3 Å². The number of fused-ring (bicyclic) bond motifs is 1. The molecule has 6 heteroatoms. The molecular formula is C19H20N4OS. The maximum absolute atomic E-state index is 12.6. The molecule has 0 radical (unpaired) electrons. The predicted octanol–water partition coefficient (Wildman–Crippen LogP) is 3.65. The quantitative estimate of drug-likeness (QED) is 0.783. The number of benzene rings is 1. The molecule has 0 aliphatic carbocycles. The van der Waals surface area contributed by atoms with E-state index in [1.165, 1.54) is 5.56 Å². The van der Waals surface area contributed by atoms with Crippen molar-refractivity contribution in [3.05, 3.63) is 59.0 Å². The summed E-state index contributed by atoms with van der Waals surface area (Å²) in [6.45, 7) is 4.28. The fourth-order valence-electron chi connectivity index (χ4n) is 3.18. The number of carbonyl (C=O) groups is 1. The Labute approximate surface area is 150 Å². The van der Waals surface area contributed by atoms with Crippen molar-refractivity contribution in [1.29, 1.82) is 0 Å². The number of nitrogens with zero attached hydrogens (tertiary/aromatic N) is 3. The highest BCUT2D eigenvalue weighted by Crippen LogP contribution is 2.22. The number of pyridine rings is 1. The minimum Gasteiger partial charge on any atom is -0.322 e. The largest absolute Gasteiger partial charge is 0.322 e. The fourth-order valence-corrected chi connectivity index (χ4v) is 3.84. The van der Waals surface area contributed by atoms with E-state index in [-0.39, 0.29) is 6.03 Å². The number of carbonyl (C=O) groups excluding carboxylic acids is 1. The van der Waals surface area contributed by atoms with Crippen LogP contribution in [-0.4, -0.2) is 47.0 Å². The van der Waals surface area contributed by atoms with Crippen molar-refractivity contribution in [2.45, 2.75) is 6.54 Å². The van der Waals surface area contributed by atoms with Crippen LogP contribution in [0.5, 0.6) is 0 Å². The average molecular weight is 352 g/mol. The van der Waals surface area contributed by atoms with Gasteiger partial charge in [0.15, 0.2) is 0 Å². The van der Waals surface area contributed by atoms with Gasteiger partial charge in [0.05, 0.1) is 5.69 Å². The Hall–Kier alpha value is -2.44. The molecule has 1 aromatic carbocycles. The van der Waals surface area contributed by atoms with E-state index in [0.717, 1.165) is 49.2 Å². The van der Waals surface area contributed by atoms with Crippen molar-refractivity contribution >= 4 is 33.8 Å². The van der Waals surface area contributed by atoms with Crippen molar-refractivity contribution in [2.24, 2.45) is 0 Å². The first-order valence-electron chi connectivity index (χ1n) is 8.42. The molecule has 2 amide bonds. The first kappa shape index (κ1) is 16.1. The number of thiophene rings is 1. The minimum atomic E-state index is -0.0282. The zero-order valence-electron chi connectivity index (χ0n) is 13.9. The molecule has 2 aromatic heterocycles. The van der Waals surface area contributed by atoms with Crippen LogP contribution in [-0.2, 0) is 6.54 Å². The standard InChI is InChI=1S/C19H20N4OS/c24-19(21-18-3-1-2-16-12-20-6-4-17(16)18)23-9-7-22(8-10-23)13-15-5-11-25-14-15/h1-6,11-12,14H,7-10,13H2,(H,21,24). The summed E-state index contributed by atoms with van der Waals surface area (Å²) in [6, 6.07) is 9.95. The van der Waals surface area contributed by atoms with E-state index in [1.54, 1.807) is 17.5 Å². The maximum atomic E-state index is 12.6. The summed E-state index contributed by atoms with van der Waals surface area (Å²) in [4.78, 5) is 21.0. The number of amides is 2. The lowest BCUT2D eigenvalue weighted by Gasteiger charge is -2.34. The third-order valence-corrected chi connectivity index (χ3v) is 5.30. The maximum Gasteiger partial charge on any atom is 0.321 e. The number of rotatable bonds is 3. The highest BCUT2D eigenvalue weighted by atomic mass is 32.1. The summed E-state index contributed by atoms with van der Waals surface area (Å²) in [5.41, 5.74) is 2.19. The van der Waals surface area contributed by atoms with Gasteiger partial charge in [-0.05, 0) is 34.5 Å². The molecule has 1 aliphatic heterocycles. The molecule has 1 fully saturated rings. The van der Waals surface area contributed by atoms with Gasteiger partial charge >= 0.3 is 6.03 Å². The molecule has 25 heavy (non-hydrogen) atoms. The van der Waals surface area contributed by atoms with Crippen LogP contribution in [0.1, 0.15) is 5.56 Å². The van der Waals surface area contributed by atoms with Gasteiger partial charge in [-0.15, -0.1) is 0 Å². The highest BCUT2D eigenvalue weighted by Gasteiger charge is 2.21. The third kappa shape index (κ3) is 3.65. The Morgan fingerprint density at radius 2 is 2.04 bits per heavy atom. The molecule has 0 bridgehead atoms. The Morgan fingerprint density at radius 1 is 1.16 bits per heavy atom. The van der Waals surface area contributed by atoms with Crippen LogP contribution < -0.4 is 5.32 Å². The van der Waals surface area contributed by atoms with E-state index < -0.39 is 0 Å². The molecule has 1 saturated heterocycles. The van der Waals surface area contributed by atoms with Gasteiger partial charge in [-0.25, -0.2) is 4.79 Å². The summed E-state index contributed by atoms with van der Waals surface area (Å²) in [6.07, 6.45) is 3.56. The van der Waals surface area contributed by atoms with Crippen LogP contribution in [0, 0.1) is 0 Å². The van der Waals surface area contributed by atoms with Crippen molar-refractivity contribution < 1.29 is 4.79 Å². The molecule has 0 unspecified atom stereocenters. The average Bonchev–Trinajstić information content (AvgIpc) is 3.16. The summed E-state index contributed by atoms with van der Waals surface area (Å²) < 4.78 is 0. The zero-order chi connectivity index (χ0) is 17.1. The van der Waals surface area contributed by atoms with Crippen LogP contribution in [0.15, 0.2) is 53.5 Å². The van der Waals surface area contributed by atoms with E-state index in [1.807, 2.05) is 35.4 Å². The number of aromatic nitrogens is 1. The molecule has 0 saturated carbocycles. The van der Waals surface area contributed by atoms with Crippen molar-refractivity contribution in [2.75, 3.05) is 31.5 Å². The fraction of sp³-hybridized carbons (Fsp3) is 0.263. The van der Waals surface area contributed by atoms with E-state index in [2.05, 4.69) is 32.0 Å². The van der Waals surface area contributed by atoms with Crippen molar-refractivity contribution in [3.8, 4) is 0 Å². The lowest BCUT2D eigenvalue weighted by Crippen LogP contribution is -2.49. The molecule has 0 spiro atoms. The minimum absolute atomic E-state index is 0.0282. The summed E-state index contributed by atoms with van der Waals surface area (Å²) in [7, 11) is 0. The zero-order valence-corrected chi connectivity index (χ0v) is 14.7. The number of hydrogen-bond acceptors (Lipinski definition) is 4. The molecule has 3 aromatic rings. The number of piperazine rings is 1. The van der Waals surface area contributed by atoms with Gasteiger partial charge in [0, 0.05) is 55.9 Å². The molecule has 1 aliphatic rings. The third-order valence-electron chi connectivity index (χ3n) is 4.57. The molecule has 3 heterocycles. The topological polar surface area (TPSA) is 48.5 Å². The van der Waals surface area contributed by atoms with Crippen LogP contribution in [0.25, 0.3) is 10.8 Å². The van der Waals surface area contributed by atoms with Gasteiger partial charge in [0.1, 0.15) is 0 Å². The molecule has 5 nitrogen and oxygen atoms in total. The number of anilines is 1. The second-order valence-electron chi connectivity index (χ2n) is 6.23. The Bertz CT molecular complexity index is 852. The summed E-state index contributed by atoms with van der Waals surface area (Å²) >= 11 is 1.73. The van der Waals surface area contributed by atoms with Crippen molar-refractivity contribution in [3.63, 3.8) is 0 Å². The lowest BCUT2D eigenvalue weighted by molar-refractivity contribution is 0.143. The molecule has 0 atom stereocenters. The smallest absolute Gasteiger partial charge is 0.321 e. The molecule has 128 valence electrons. The SMILES string of the molecule is O=C(Nc1cccc2cnccc12)N1CCN(Cc2ccsc2)CC1. The van der Waals surface area contributed by atoms with Crippen molar-refractivity contribution in [1.82, 2.24) is 14.8 Å². The van der Waals surface area contributed by atoms with Crippen LogP contribution in [0.3, 0.4) is 0 Å². The van der Waals surface area contributed by atoms with Gasteiger partial charge in [-0.2, -0.15) is 11.3 Å². The highest BCUT2D eigenvalue weighted by molar-refractivity contribution is 7.07. The van der Waals surface area contributed by atoms with E-state index in [0.29, 0.717) is 0 Å². The Kier molecular flexibility index (Phi) is 4.63. The number of hydrogen-bond donors (Lipinski definition) is 1. The second-order valence-corrected chi connectivity index (χ2v) is 7.01. The van der Waals surface area contributed by atoms with E-state index in [9.17, 15) is 4.79 Å². The van der Waals surface area contributed by atoms with E-state index >= 15 is 0 Å². The van der Waals surface area contributed by atoms with Gasteiger partial charge in [0.2, 0.25) is 0 Å². The molecular weight excluding hydrogens is 332 g/mol. The molecule has 4 rings (SSSR count). The van der Waals surface area contributed by atoms with Gasteiger partial charge in [-0.3, -0.25) is 9.88 Å². The Morgan fingerprint density at radius 3 is 2.84 bits per heavy atom. The molecule has 1 N–H and O–H groups in total. The first-order valence-corrected chi connectivity index (χ1v) is 9.36. The van der Waals surface area contributed by atoms with Crippen LogP contribution in [0.4, 0.5) is 10.5 Å². The van der Waals surface area contributed by atoms with Gasteiger partial charge < -0.3 is 10.2 Å². The van der Waals surface area contributed by atoms with E-state index in [4.69, 9.17) is 0 Å². The summed E-state index contributed by atoms with van der Waals surface area (Å²) in [5, 5.41) is 9.40. The first-order chi connectivity index (χ1) is 12.3. The lowest BCUT2D eigenvalue weighted by atomic mass is 10.1. The van der Waals surface area contributed by atoms with Gasteiger partial charge in [-0.1, -0.05) is 12.1 Å². The van der Waals surface area contributed by atoms with Crippen LogP contribution in [0.2, 0.25) is 0 Å². The number of nitrogens with one attached hydrogen (secondary N) is 1. The normalized spacial score (nSPS) is 15.4. The number of urea groups is 1. The second kappa shape index (κ2) is 7.21. The van der Waals surface area contributed by atoms with Gasteiger partial charge in [0.25, 0.3) is 0 Å². The predicted molar refractivity (Wildman–Crippen MR) is 102 cm³/mol.